The Morgan fingerprint density at radius 2 is 2.33 bits per heavy atom. The van der Waals surface area contributed by atoms with Crippen molar-refractivity contribution in [3.8, 4) is 0 Å². The zero-order valence-corrected chi connectivity index (χ0v) is 9.25. The predicted molar refractivity (Wildman–Crippen MR) is 65.2 cm³/mol. The molecular formula is C13H16N2. The second kappa shape index (κ2) is 5.25. The summed E-state index contributed by atoms with van der Waals surface area (Å²) in [5.74, 6) is 0. The molecular weight excluding hydrogens is 184 g/mol. The molecule has 1 aromatic rings. The van der Waals surface area contributed by atoms with Gasteiger partial charge in [0, 0.05) is 18.6 Å². The van der Waals surface area contributed by atoms with Crippen molar-refractivity contribution in [2.75, 3.05) is 0 Å². The molecule has 0 aliphatic carbocycles. The number of allylic oxidation sites excluding steroid dienone is 3. The first-order chi connectivity index (χ1) is 7.24. The summed E-state index contributed by atoms with van der Waals surface area (Å²) < 4.78 is 0. The quantitative estimate of drug-likeness (QED) is 0.588. The van der Waals surface area contributed by atoms with Gasteiger partial charge in [0.25, 0.3) is 0 Å². The fourth-order valence-corrected chi connectivity index (χ4v) is 1.53. The van der Waals surface area contributed by atoms with Crippen LogP contribution in [0.2, 0.25) is 0 Å². The van der Waals surface area contributed by atoms with Gasteiger partial charge in [-0.3, -0.25) is 4.98 Å². The number of pyridine rings is 1. The number of rotatable bonds is 4. The van der Waals surface area contributed by atoms with Crippen LogP contribution in [-0.4, -0.2) is 11.2 Å². The number of nitrogens with one attached hydrogen (secondary N) is 1. The monoisotopic (exact) mass is 200 g/mol. The van der Waals surface area contributed by atoms with Crippen molar-refractivity contribution in [2.24, 2.45) is 0 Å². The van der Waals surface area contributed by atoms with Gasteiger partial charge in [0.15, 0.2) is 0 Å². The van der Waals surface area contributed by atoms with Gasteiger partial charge < -0.3 is 5.41 Å². The minimum absolute atomic E-state index is 0.922. The van der Waals surface area contributed by atoms with Crippen LogP contribution < -0.4 is 0 Å². The fraction of sp³-hybridized carbons (Fsp3) is 0.231. The first-order valence-electron chi connectivity index (χ1n) is 5.01. The summed E-state index contributed by atoms with van der Waals surface area (Å²) in [5.41, 5.74) is 4.26. The Hall–Kier alpha value is -1.70. The van der Waals surface area contributed by atoms with Crippen molar-refractivity contribution in [1.29, 1.82) is 5.41 Å². The first kappa shape index (κ1) is 11.4. The SMILES string of the molecule is C=C/C(=C(/C)C=N)c1ccncc1CC. The average Bonchev–Trinajstić information content (AvgIpc) is 2.30. The van der Waals surface area contributed by atoms with E-state index in [0.717, 1.165) is 23.1 Å². The molecule has 0 spiro atoms. The van der Waals surface area contributed by atoms with Crippen molar-refractivity contribution >= 4 is 11.8 Å². The largest absolute Gasteiger partial charge is 0.308 e. The Kier molecular flexibility index (Phi) is 3.98. The summed E-state index contributed by atoms with van der Waals surface area (Å²) in [5, 5.41) is 7.27. The number of hydrogen-bond acceptors (Lipinski definition) is 2. The van der Waals surface area contributed by atoms with Crippen LogP contribution in [0.5, 0.6) is 0 Å². The van der Waals surface area contributed by atoms with E-state index in [4.69, 9.17) is 5.41 Å². The Bertz CT molecular complexity index is 403. The van der Waals surface area contributed by atoms with E-state index in [9.17, 15) is 0 Å². The van der Waals surface area contributed by atoms with E-state index in [1.54, 1.807) is 12.3 Å². The predicted octanol–water partition coefficient (Wildman–Crippen LogP) is 3.25. The highest BCUT2D eigenvalue weighted by molar-refractivity contribution is 5.92. The van der Waals surface area contributed by atoms with Crippen molar-refractivity contribution in [1.82, 2.24) is 4.98 Å². The molecule has 0 amide bonds. The van der Waals surface area contributed by atoms with Gasteiger partial charge in [0.2, 0.25) is 0 Å². The maximum absolute atomic E-state index is 7.27. The highest BCUT2D eigenvalue weighted by atomic mass is 14.6. The Morgan fingerprint density at radius 1 is 1.60 bits per heavy atom. The minimum Gasteiger partial charge on any atom is -0.308 e. The average molecular weight is 200 g/mol. The number of aromatic nitrogens is 1. The molecule has 0 aromatic carbocycles. The number of aryl methyl sites for hydroxylation is 1. The molecule has 2 nitrogen and oxygen atoms in total. The molecule has 15 heavy (non-hydrogen) atoms. The summed E-state index contributed by atoms with van der Waals surface area (Å²) in [7, 11) is 0. The van der Waals surface area contributed by atoms with Crippen LogP contribution in [0.25, 0.3) is 5.57 Å². The van der Waals surface area contributed by atoms with E-state index in [2.05, 4.69) is 18.5 Å². The molecule has 1 heterocycles. The second-order valence-electron chi connectivity index (χ2n) is 3.33. The zero-order valence-electron chi connectivity index (χ0n) is 9.25. The summed E-state index contributed by atoms with van der Waals surface area (Å²) in [6.07, 6.45) is 7.74. The van der Waals surface area contributed by atoms with E-state index in [-0.39, 0.29) is 0 Å². The van der Waals surface area contributed by atoms with E-state index in [1.165, 1.54) is 11.8 Å². The zero-order chi connectivity index (χ0) is 11.3. The highest BCUT2D eigenvalue weighted by Gasteiger charge is 2.05. The lowest BCUT2D eigenvalue weighted by atomic mass is 9.97. The molecule has 0 saturated heterocycles. The van der Waals surface area contributed by atoms with Crippen molar-refractivity contribution in [3.05, 3.63) is 47.8 Å². The molecule has 0 saturated carbocycles. The third-order valence-electron chi connectivity index (χ3n) is 2.42. The molecule has 0 radical (unpaired) electrons. The molecule has 1 N–H and O–H groups in total. The van der Waals surface area contributed by atoms with Crippen LogP contribution >= 0.6 is 0 Å². The van der Waals surface area contributed by atoms with Crippen LogP contribution in [0.15, 0.2) is 36.7 Å². The summed E-state index contributed by atoms with van der Waals surface area (Å²) in [6, 6.07) is 1.98. The Morgan fingerprint density at radius 3 is 2.87 bits per heavy atom. The lowest BCUT2D eigenvalue weighted by Crippen LogP contribution is -1.94. The molecule has 1 rings (SSSR count). The molecule has 0 aliphatic heterocycles. The molecule has 2 heteroatoms. The smallest absolute Gasteiger partial charge is 0.0305 e. The maximum atomic E-state index is 7.27. The maximum Gasteiger partial charge on any atom is 0.0305 e. The third kappa shape index (κ3) is 2.40. The second-order valence-corrected chi connectivity index (χ2v) is 3.33. The normalized spacial score (nSPS) is 11.9. The molecule has 78 valence electrons. The van der Waals surface area contributed by atoms with Gasteiger partial charge in [-0.2, -0.15) is 0 Å². The van der Waals surface area contributed by atoms with E-state index in [0.29, 0.717) is 0 Å². The van der Waals surface area contributed by atoms with Crippen molar-refractivity contribution < 1.29 is 0 Å². The summed E-state index contributed by atoms with van der Waals surface area (Å²) in [6.45, 7) is 7.82. The van der Waals surface area contributed by atoms with Gasteiger partial charge >= 0.3 is 0 Å². The molecule has 0 bridgehead atoms. The van der Waals surface area contributed by atoms with Gasteiger partial charge in [-0.05, 0) is 41.7 Å². The summed E-state index contributed by atoms with van der Waals surface area (Å²) >= 11 is 0. The molecule has 0 fully saturated rings. The lowest BCUT2D eigenvalue weighted by molar-refractivity contribution is 1.09. The molecule has 0 aliphatic rings. The van der Waals surface area contributed by atoms with Gasteiger partial charge in [-0.15, -0.1) is 0 Å². The standard InChI is InChI=1S/C13H16N2/c1-4-11-9-15-7-6-13(11)12(5-2)10(3)8-14/h5-9,14H,2,4H2,1,3H3/b12-10+,14-8?. The van der Waals surface area contributed by atoms with E-state index < -0.39 is 0 Å². The molecule has 0 atom stereocenters. The number of hydrogen-bond donors (Lipinski definition) is 1. The van der Waals surface area contributed by atoms with E-state index >= 15 is 0 Å². The van der Waals surface area contributed by atoms with Crippen LogP contribution in [0, 0.1) is 5.41 Å². The molecule has 0 unspecified atom stereocenters. The van der Waals surface area contributed by atoms with Crippen molar-refractivity contribution in [3.63, 3.8) is 0 Å². The highest BCUT2D eigenvalue weighted by Crippen LogP contribution is 2.22. The van der Waals surface area contributed by atoms with Crippen LogP contribution in [0.1, 0.15) is 25.0 Å². The first-order valence-corrected chi connectivity index (χ1v) is 5.01. The number of nitrogens with zero attached hydrogens (tertiary/aromatic N) is 1. The van der Waals surface area contributed by atoms with Crippen LogP contribution in [-0.2, 0) is 6.42 Å². The fourth-order valence-electron chi connectivity index (χ4n) is 1.53. The Labute approximate surface area is 90.9 Å². The van der Waals surface area contributed by atoms with Crippen LogP contribution in [0.4, 0.5) is 0 Å². The Balaban J connectivity index is 3.36. The van der Waals surface area contributed by atoms with E-state index in [1.807, 2.05) is 19.2 Å². The van der Waals surface area contributed by atoms with Crippen LogP contribution in [0.3, 0.4) is 0 Å². The van der Waals surface area contributed by atoms with Gasteiger partial charge in [0.05, 0.1) is 0 Å². The topological polar surface area (TPSA) is 36.7 Å². The van der Waals surface area contributed by atoms with Gasteiger partial charge in [-0.25, -0.2) is 0 Å². The minimum atomic E-state index is 0.922. The summed E-state index contributed by atoms with van der Waals surface area (Å²) in [4.78, 5) is 4.10. The van der Waals surface area contributed by atoms with Gasteiger partial charge in [-0.1, -0.05) is 19.6 Å². The molecule has 1 aromatic heterocycles. The lowest BCUT2D eigenvalue weighted by Gasteiger charge is -2.09. The third-order valence-corrected chi connectivity index (χ3v) is 2.42. The van der Waals surface area contributed by atoms with Crippen molar-refractivity contribution in [2.45, 2.75) is 20.3 Å². The van der Waals surface area contributed by atoms with Gasteiger partial charge in [0.1, 0.15) is 0 Å².